The van der Waals surface area contributed by atoms with Crippen molar-refractivity contribution in [2.24, 2.45) is 5.10 Å². The Morgan fingerprint density at radius 1 is 1.14 bits per heavy atom. The Kier molecular flexibility index (Phi) is 3.82. The highest BCUT2D eigenvalue weighted by Crippen LogP contribution is 2.07. The minimum Gasteiger partial charge on any atom is -0.267 e. The van der Waals surface area contributed by atoms with Crippen molar-refractivity contribution in [1.29, 1.82) is 0 Å². The molecule has 0 aliphatic heterocycles. The highest BCUT2D eigenvalue weighted by atomic mass is 19.1. The number of carbonyl (C=O) groups excluding carboxylic acids is 1. The van der Waals surface area contributed by atoms with Crippen LogP contribution in [0.4, 0.5) is 4.39 Å². The topological polar surface area (TPSA) is 67.2 Å². The molecule has 0 atom stereocenters. The maximum absolute atomic E-state index is 13.0. The van der Waals surface area contributed by atoms with Gasteiger partial charge < -0.3 is 0 Å². The first-order valence-electron chi connectivity index (χ1n) is 6.53. The number of aromatic nitrogens is 2. The lowest BCUT2D eigenvalue weighted by atomic mass is 10.2. The average Bonchev–Trinajstić information content (AvgIpc) is 2.54. The van der Waals surface area contributed by atoms with E-state index >= 15 is 0 Å². The van der Waals surface area contributed by atoms with Gasteiger partial charge in [-0.3, -0.25) is 9.78 Å². The van der Waals surface area contributed by atoms with Gasteiger partial charge in [-0.05, 0) is 30.3 Å². The zero-order valence-electron chi connectivity index (χ0n) is 11.4. The largest absolute Gasteiger partial charge is 0.271 e. The SMILES string of the molecule is O=C(N/N=C\c1cnc2ccccc2n1)c1cccc(F)c1. The third kappa shape index (κ3) is 3.12. The van der Waals surface area contributed by atoms with Gasteiger partial charge in [-0.1, -0.05) is 18.2 Å². The molecule has 0 aliphatic rings. The van der Waals surface area contributed by atoms with Crippen LogP contribution in [-0.4, -0.2) is 22.1 Å². The van der Waals surface area contributed by atoms with Gasteiger partial charge in [-0.2, -0.15) is 5.10 Å². The molecule has 1 amide bonds. The number of para-hydroxylation sites is 2. The van der Waals surface area contributed by atoms with E-state index in [0.29, 0.717) is 5.69 Å². The zero-order valence-corrected chi connectivity index (χ0v) is 11.4. The number of carbonyl (C=O) groups is 1. The van der Waals surface area contributed by atoms with Crippen molar-refractivity contribution in [1.82, 2.24) is 15.4 Å². The number of hydrogen-bond donors (Lipinski definition) is 1. The lowest BCUT2D eigenvalue weighted by Gasteiger charge is -2.00. The van der Waals surface area contributed by atoms with Crippen LogP contribution in [0.15, 0.2) is 59.8 Å². The van der Waals surface area contributed by atoms with E-state index < -0.39 is 11.7 Å². The van der Waals surface area contributed by atoms with Crippen LogP contribution in [0.1, 0.15) is 16.1 Å². The molecule has 0 spiro atoms. The number of halogens is 1. The first-order chi connectivity index (χ1) is 10.7. The number of amides is 1. The molecule has 3 aromatic rings. The highest BCUT2D eigenvalue weighted by molar-refractivity contribution is 5.94. The van der Waals surface area contributed by atoms with Crippen molar-refractivity contribution >= 4 is 23.2 Å². The third-order valence-corrected chi connectivity index (χ3v) is 2.92. The van der Waals surface area contributed by atoms with E-state index in [2.05, 4.69) is 20.5 Å². The van der Waals surface area contributed by atoms with E-state index in [1.54, 1.807) is 6.20 Å². The maximum Gasteiger partial charge on any atom is 0.271 e. The van der Waals surface area contributed by atoms with Crippen molar-refractivity contribution in [3.63, 3.8) is 0 Å². The normalized spacial score (nSPS) is 11.0. The predicted octanol–water partition coefficient (Wildman–Crippen LogP) is 2.53. The smallest absolute Gasteiger partial charge is 0.267 e. The average molecular weight is 294 g/mol. The van der Waals surface area contributed by atoms with E-state index in [9.17, 15) is 9.18 Å². The van der Waals surface area contributed by atoms with E-state index in [4.69, 9.17) is 0 Å². The Labute approximate surface area is 125 Å². The molecule has 2 aromatic carbocycles. The fourth-order valence-electron chi connectivity index (χ4n) is 1.89. The molecule has 1 aromatic heterocycles. The standard InChI is InChI=1S/C16H11FN4O/c17-12-5-3-4-11(8-12)16(22)21-19-10-13-9-18-14-6-1-2-7-15(14)20-13/h1-10H,(H,21,22)/b19-10-. The number of hydrazone groups is 1. The molecule has 0 unspecified atom stereocenters. The van der Waals surface area contributed by atoms with Crippen molar-refractivity contribution in [2.45, 2.75) is 0 Å². The fourth-order valence-corrected chi connectivity index (χ4v) is 1.89. The zero-order chi connectivity index (χ0) is 15.4. The number of fused-ring (bicyclic) bond motifs is 1. The third-order valence-electron chi connectivity index (χ3n) is 2.92. The quantitative estimate of drug-likeness (QED) is 0.596. The van der Waals surface area contributed by atoms with Crippen LogP contribution < -0.4 is 5.43 Å². The fraction of sp³-hybridized carbons (Fsp3) is 0. The number of hydrogen-bond acceptors (Lipinski definition) is 4. The summed E-state index contributed by atoms with van der Waals surface area (Å²) in [5.41, 5.74) is 4.55. The van der Waals surface area contributed by atoms with Crippen molar-refractivity contribution < 1.29 is 9.18 Å². The van der Waals surface area contributed by atoms with Crippen LogP contribution in [0.2, 0.25) is 0 Å². The van der Waals surface area contributed by atoms with Gasteiger partial charge in [0.2, 0.25) is 0 Å². The molecule has 22 heavy (non-hydrogen) atoms. The summed E-state index contributed by atoms with van der Waals surface area (Å²) in [5.74, 6) is -0.971. The minimum absolute atomic E-state index is 0.196. The molecule has 5 nitrogen and oxygen atoms in total. The molecule has 0 saturated heterocycles. The molecule has 3 rings (SSSR count). The summed E-state index contributed by atoms with van der Waals surface area (Å²) in [6.45, 7) is 0. The van der Waals surface area contributed by atoms with E-state index in [1.807, 2.05) is 24.3 Å². The number of rotatable bonds is 3. The van der Waals surface area contributed by atoms with Crippen LogP contribution in [0, 0.1) is 5.82 Å². The molecule has 0 bridgehead atoms. The molecule has 0 fully saturated rings. The van der Waals surface area contributed by atoms with Crippen molar-refractivity contribution in [2.75, 3.05) is 0 Å². The van der Waals surface area contributed by atoms with Gasteiger partial charge in [0, 0.05) is 5.56 Å². The van der Waals surface area contributed by atoms with Gasteiger partial charge in [0.05, 0.1) is 23.4 Å². The molecular weight excluding hydrogens is 283 g/mol. The molecule has 108 valence electrons. The van der Waals surface area contributed by atoms with Gasteiger partial charge in [0.15, 0.2) is 0 Å². The van der Waals surface area contributed by atoms with Gasteiger partial charge >= 0.3 is 0 Å². The van der Waals surface area contributed by atoms with E-state index in [0.717, 1.165) is 17.1 Å². The molecule has 6 heteroatoms. The second-order valence-electron chi connectivity index (χ2n) is 4.49. The van der Waals surface area contributed by atoms with Crippen LogP contribution in [0.3, 0.4) is 0 Å². The van der Waals surface area contributed by atoms with Gasteiger partial charge in [0.25, 0.3) is 5.91 Å². The molecule has 0 saturated carbocycles. The number of nitrogens with one attached hydrogen (secondary N) is 1. The summed E-state index contributed by atoms with van der Waals surface area (Å²) in [6.07, 6.45) is 2.94. The molecule has 0 aliphatic carbocycles. The highest BCUT2D eigenvalue weighted by Gasteiger charge is 2.04. The molecule has 1 heterocycles. The van der Waals surface area contributed by atoms with Crippen molar-refractivity contribution in [3.05, 3.63) is 71.8 Å². The number of benzene rings is 2. The number of nitrogens with zero attached hydrogens (tertiary/aromatic N) is 3. The predicted molar refractivity (Wildman–Crippen MR) is 81.0 cm³/mol. The van der Waals surface area contributed by atoms with Gasteiger partial charge in [-0.25, -0.2) is 14.8 Å². The Balaban J connectivity index is 1.72. The Bertz CT molecular complexity index is 863. The first-order valence-corrected chi connectivity index (χ1v) is 6.53. The Morgan fingerprint density at radius 3 is 2.77 bits per heavy atom. The Hall–Kier alpha value is -3.15. The van der Waals surface area contributed by atoms with Crippen LogP contribution in [-0.2, 0) is 0 Å². The van der Waals surface area contributed by atoms with Crippen LogP contribution in [0.25, 0.3) is 11.0 Å². The van der Waals surface area contributed by atoms with E-state index in [1.165, 1.54) is 24.4 Å². The van der Waals surface area contributed by atoms with Gasteiger partial charge in [-0.15, -0.1) is 0 Å². The lowest BCUT2D eigenvalue weighted by molar-refractivity contribution is 0.0954. The molecular formula is C16H11FN4O. The maximum atomic E-state index is 13.0. The van der Waals surface area contributed by atoms with Gasteiger partial charge in [0.1, 0.15) is 11.5 Å². The summed E-state index contributed by atoms with van der Waals surface area (Å²) in [4.78, 5) is 20.3. The summed E-state index contributed by atoms with van der Waals surface area (Å²) in [7, 11) is 0. The summed E-state index contributed by atoms with van der Waals surface area (Å²) < 4.78 is 13.0. The first kappa shape index (κ1) is 13.8. The van der Waals surface area contributed by atoms with Crippen LogP contribution >= 0.6 is 0 Å². The van der Waals surface area contributed by atoms with Crippen molar-refractivity contribution in [3.8, 4) is 0 Å². The molecule has 1 N–H and O–H groups in total. The summed E-state index contributed by atoms with van der Waals surface area (Å²) >= 11 is 0. The summed E-state index contributed by atoms with van der Waals surface area (Å²) in [5, 5.41) is 3.80. The second kappa shape index (κ2) is 6.09. The van der Waals surface area contributed by atoms with Crippen LogP contribution in [0.5, 0.6) is 0 Å². The summed E-state index contributed by atoms with van der Waals surface area (Å²) in [6, 6.07) is 12.8. The minimum atomic E-state index is -0.496. The Morgan fingerprint density at radius 2 is 1.95 bits per heavy atom. The monoisotopic (exact) mass is 294 g/mol. The van der Waals surface area contributed by atoms with E-state index in [-0.39, 0.29) is 5.56 Å². The second-order valence-corrected chi connectivity index (χ2v) is 4.49. The molecule has 0 radical (unpaired) electrons. The lowest BCUT2D eigenvalue weighted by Crippen LogP contribution is -2.17.